The Kier molecular flexibility index (Phi) is 9.43. The topological polar surface area (TPSA) is 68.8 Å². The van der Waals surface area contributed by atoms with Gasteiger partial charge in [-0.3, -0.25) is 0 Å². The first-order valence-corrected chi connectivity index (χ1v) is 8.01. The minimum atomic E-state index is -0.314. The van der Waals surface area contributed by atoms with Gasteiger partial charge in [0.25, 0.3) is 0 Å². The molecule has 0 aliphatic carbocycles. The quantitative estimate of drug-likeness (QED) is 0.639. The fourth-order valence-electron chi connectivity index (χ4n) is 1.85. The van der Waals surface area contributed by atoms with E-state index in [9.17, 15) is 4.79 Å². The number of amides is 2. The third-order valence-electron chi connectivity index (χ3n) is 3.03. The molecule has 2 amide bonds. The van der Waals surface area contributed by atoms with Crippen LogP contribution in [0.3, 0.4) is 0 Å². The van der Waals surface area contributed by atoms with Crippen LogP contribution in [0.25, 0.3) is 0 Å². The highest BCUT2D eigenvalue weighted by atomic mass is 35.5. The van der Waals surface area contributed by atoms with E-state index in [0.717, 1.165) is 6.42 Å². The summed E-state index contributed by atoms with van der Waals surface area (Å²) in [5, 5.41) is 6.03. The number of halogens is 1. The summed E-state index contributed by atoms with van der Waals surface area (Å²) in [5.74, 6) is 0.438. The molecule has 1 aromatic carbocycles. The zero-order valence-corrected chi connectivity index (χ0v) is 14.6. The van der Waals surface area contributed by atoms with Gasteiger partial charge in [0, 0.05) is 26.4 Å². The zero-order valence-electron chi connectivity index (χ0n) is 13.9. The van der Waals surface area contributed by atoms with E-state index in [4.69, 9.17) is 25.8 Å². The van der Waals surface area contributed by atoms with Crippen molar-refractivity contribution in [3.8, 4) is 5.75 Å². The fourth-order valence-corrected chi connectivity index (χ4v) is 2.08. The molecule has 6 nitrogen and oxygen atoms in total. The van der Waals surface area contributed by atoms with Crippen LogP contribution in [-0.4, -0.2) is 45.6 Å². The van der Waals surface area contributed by atoms with E-state index in [2.05, 4.69) is 10.6 Å². The highest BCUT2D eigenvalue weighted by Crippen LogP contribution is 2.32. The lowest BCUT2D eigenvalue weighted by molar-refractivity contribution is 0.110. The highest BCUT2D eigenvalue weighted by molar-refractivity contribution is 6.32. The van der Waals surface area contributed by atoms with Gasteiger partial charge in [0.15, 0.2) is 5.75 Å². The summed E-state index contributed by atoms with van der Waals surface area (Å²) in [6.45, 7) is 5.86. The standard InChI is InChI=1S/C16H25ClN2O4/c1-4-22-10-11-23-15-13(17)6-5-7-14(15)19-16(20)18-12(2)8-9-21-3/h5-7,12H,4,8-11H2,1-3H3,(H2,18,19,20). The molecule has 0 fully saturated rings. The van der Waals surface area contributed by atoms with Gasteiger partial charge in [-0.15, -0.1) is 0 Å². The number of carbonyl (C=O) groups is 1. The van der Waals surface area contributed by atoms with E-state index in [-0.39, 0.29) is 12.1 Å². The fraction of sp³-hybridized carbons (Fsp3) is 0.562. The number of hydrogen-bond acceptors (Lipinski definition) is 4. The van der Waals surface area contributed by atoms with Crippen molar-refractivity contribution in [3.63, 3.8) is 0 Å². The van der Waals surface area contributed by atoms with Crippen LogP contribution in [0.1, 0.15) is 20.3 Å². The van der Waals surface area contributed by atoms with Gasteiger partial charge in [0.1, 0.15) is 6.61 Å². The number of rotatable bonds is 10. The maximum atomic E-state index is 12.0. The van der Waals surface area contributed by atoms with E-state index in [1.165, 1.54) is 0 Å². The second-order valence-corrected chi connectivity index (χ2v) is 5.35. The van der Waals surface area contributed by atoms with Crippen molar-refractivity contribution in [3.05, 3.63) is 23.2 Å². The monoisotopic (exact) mass is 344 g/mol. The van der Waals surface area contributed by atoms with Crippen molar-refractivity contribution in [2.75, 3.05) is 38.9 Å². The molecule has 0 aromatic heterocycles. The molecule has 0 saturated carbocycles. The number of para-hydroxylation sites is 1. The van der Waals surface area contributed by atoms with Crippen molar-refractivity contribution in [2.24, 2.45) is 0 Å². The molecule has 7 heteroatoms. The lowest BCUT2D eigenvalue weighted by Gasteiger charge is -2.17. The molecule has 0 radical (unpaired) electrons. The normalized spacial score (nSPS) is 11.8. The molecule has 1 unspecified atom stereocenters. The summed E-state index contributed by atoms with van der Waals surface area (Å²) in [6.07, 6.45) is 0.733. The molecule has 0 bridgehead atoms. The van der Waals surface area contributed by atoms with E-state index < -0.39 is 0 Å². The van der Waals surface area contributed by atoms with Gasteiger partial charge in [-0.1, -0.05) is 17.7 Å². The molecule has 23 heavy (non-hydrogen) atoms. The van der Waals surface area contributed by atoms with Crippen molar-refractivity contribution in [1.29, 1.82) is 0 Å². The average Bonchev–Trinajstić information content (AvgIpc) is 2.51. The molecular weight excluding hydrogens is 320 g/mol. The van der Waals surface area contributed by atoms with Gasteiger partial charge in [0.05, 0.1) is 17.3 Å². The Hall–Kier alpha value is -1.50. The third-order valence-corrected chi connectivity index (χ3v) is 3.32. The first-order valence-electron chi connectivity index (χ1n) is 7.64. The Bertz CT molecular complexity index is 485. The van der Waals surface area contributed by atoms with Crippen LogP contribution in [0.15, 0.2) is 18.2 Å². The Labute approximate surface area is 142 Å². The van der Waals surface area contributed by atoms with Crippen LogP contribution in [0.2, 0.25) is 5.02 Å². The van der Waals surface area contributed by atoms with E-state index in [1.807, 2.05) is 13.8 Å². The highest BCUT2D eigenvalue weighted by Gasteiger charge is 2.13. The van der Waals surface area contributed by atoms with Crippen LogP contribution < -0.4 is 15.4 Å². The predicted octanol–water partition coefficient (Wildman–Crippen LogP) is 3.30. The van der Waals surface area contributed by atoms with E-state index in [0.29, 0.717) is 42.9 Å². The summed E-state index contributed by atoms with van der Waals surface area (Å²) < 4.78 is 15.8. The molecule has 1 aromatic rings. The average molecular weight is 345 g/mol. The number of hydrogen-bond donors (Lipinski definition) is 2. The molecule has 130 valence electrons. The second-order valence-electron chi connectivity index (χ2n) is 4.94. The summed E-state index contributed by atoms with van der Waals surface area (Å²) >= 11 is 6.15. The maximum Gasteiger partial charge on any atom is 0.319 e. The molecular formula is C16H25ClN2O4. The van der Waals surface area contributed by atoms with Crippen LogP contribution in [0, 0.1) is 0 Å². The Morgan fingerprint density at radius 2 is 2.09 bits per heavy atom. The van der Waals surface area contributed by atoms with Crippen molar-refractivity contribution in [2.45, 2.75) is 26.3 Å². The second kappa shape index (κ2) is 11.1. The molecule has 1 rings (SSSR count). The Morgan fingerprint density at radius 3 is 2.78 bits per heavy atom. The smallest absolute Gasteiger partial charge is 0.319 e. The first-order chi connectivity index (χ1) is 11.1. The number of benzene rings is 1. The number of urea groups is 1. The van der Waals surface area contributed by atoms with Crippen LogP contribution >= 0.6 is 11.6 Å². The van der Waals surface area contributed by atoms with E-state index in [1.54, 1.807) is 25.3 Å². The van der Waals surface area contributed by atoms with E-state index >= 15 is 0 Å². The lowest BCUT2D eigenvalue weighted by Crippen LogP contribution is -2.36. The predicted molar refractivity (Wildman–Crippen MR) is 91.5 cm³/mol. The van der Waals surface area contributed by atoms with Crippen LogP contribution in [-0.2, 0) is 9.47 Å². The zero-order chi connectivity index (χ0) is 17.1. The van der Waals surface area contributed by atoms with Gasteiger partial charge >= 0.3 is 6.03 Å². The van der Waals surface area contributed by atoms with Gasteiger partial charge in [-0.25, -0.2) is 4.79 Å². The van der Waals surface area contributed by atoms with Crippen LogP contribution in [0.5, 0.6) is 5.75 Å². The van der Waals surface area contributed by atoms with Gasteiger partial charge in [-0.05, 0) is 32.4 Å². The number of ether oxygens (including phenoxy) is 3. The minimum Gasteiger partial charge on any atom is -0.487 e. The molecule has 0 spiro atoms. The first kappa shape index (κ1) is 19.5. The summed E-state index contributed by atoms with van der Waals surface area (Å²) in [6, 6.07) is 4.88. The largest absolute Gasteiger partial charge is 0.487 e. The van der Waals surface area contributed by atoms with Gasteiger partial charge in [-0.2, -0.15) is 0 Å². The number of methoxy groups -OCH3 is 1. The van der Waals surface area contributed by atoms with Gasteiger partial charge < -0.3 is 24.8 Å². The minimum absolute atomic E-state index is 0.00328. The van der Waals surface area contributed by atoms with Crippen molar-refractivity contribution >= 4 is 23.3 Å². The Morgan fingerprint density at radius 1 is 1.30 bits per heavy atom. The number of nitrogens with one attached hydrogen (secondary N) is 2. The number of carbonyl (C=O) groups excluding carboxylic acids is 1. The Balaban J connectivity index is 2.60. The molecule has 0 saturated heterocycles. The van der Waals surface area contributed by atoms with Crippen LogP contribution in [0.4, 0.5) is 10.5 Å². The van der Waals surface area contributed by atoms with Crippen molar-refractivity contribution < 1.29 is 19.0 Å². The maximum absolute atomic E-state index is 12.0. The van der Waals surface area contributed by atoms with Crippen molar-refractivity contribution in [1.82, 2.24) is 5.32 Å². The molecule has 0 aliphatic rings. The summed E-state index contributed by atoms with van der Waals surface area (Å²) in [5.41, 5.74) is 0.519. The molecule has 2 N–H and O–H groups in total. The lowest BCUT2D eigenvalue weighted by atomic mass is 10.2. The number of anilines is 1. The summed E-state index contributed by atoms with van der Waals surface area (Å²) in [7, 11) is 1.63. The molecule has 0 aliphatic heterocycles. The third kappa shape index (κ3) is 7.54. The molecule has 1 atom stereocenters. The van der Waals surface area contributed by atoms with Gasteiger partial charge in [0.2, 0.25) is 0 Å². The SMILES string of the molecule is CCOCCOc1c(Cl)cccc1NC(=O)NC(C)CCOC. The summed E-state index contributed by atoms with van der Waals surface area (Å²) in [4.78, 5) is 12.0. The molecule has 0 heterocycles.